The third-order valence-corrected chi connectivity index (χ3v) is 2.63. The smallest absolute Gasteiger partial charge is 0.170 e. The molecule has 1 aromatic rings. The average Bonchev–Trinajstić information content (AvgIpc) is 2.36. The number of nitrogens with zero attached hydrogens (tertiary/aromatic N) is 2. The minimum Gasteiger partial charge on any atom is -0.409 e. The number of aliphatic hydroxyl groups excluding tert-OH is 1. The molecular weight excluding hydrogens is 237 g/mol. The Hall–Kier alpha value is -1.66. The maximum atomic E-state index is 13.4. The van der Waals surface area contributed by atoms with Crippen molar-refractivity contribution in [1.29, 1.82) is 0 Å². The van der Waals surface area contributed by atoms with Crippen LogP contribution in [0.4, 0.5) is 4.39 Å². The molecule has 0 saturated carbocycles. The zero-order valence-corrected chi connectivity index (χ0v) is 10.3. The first-order valence-corrected chi connectivity index (χ1v) is 5.71. The molecule has 0 aromatic heterocycles. The van der Waals surface area contributed by atoms with Crippen molar-refractivity contribution in [1.82, 2.24) is 4.90 Å². The van der Waals surface area contributed by atoms with E-state index in [-0.39, 0.29) is 12.4 Å². The summed E-state index contributed by atoms with van der Waals surface area (Å²) in [4.78, 5) is 1.96. The van der Waals surface area contributed by atoms with Crippen molar-refractivity contribution in [3.05, 3.63) is 35.1 Å². The number of benzene rings is 1. The number of hydrogen-bond acceptors (Lipinski definition) is 4. The third-order valence-electron chi connectivity index (χ3n) is 2.63. The Bertz CT molecular complexity index is 424. The van der Waals surface area contributed by atoms with E-state index in [9.17, 15) is 4.39 Å². The SMILES string of the molecule is CCN(CCO)Cc1cc(F)cc(/C(N)=N/O)c1. The van der Waals surface area contributed by atoms with E-state index in [1.807, 2.05) is 11.8 Å². The molecule has 4 N–H and O–H groups in total. The minimum atomic E-state index is -0.436. The van der Waals surface area contributed by atoms with Gasteiger partial charge in [-0.15, -0.1) is 0 Å². The Morgan fingerprint density at radius 2 is 2.17 bits per heavy atom. The maximum absolute atomic E-state index is 13.4. The largest absolute Gasteiger partial charge is 0.409 e. The molecule has 18 heavy (non-hydrogen) atoms. The van der Waals surface area contributed by atoms with E-state index < -0.39 is 5.82 Å². The highest BCUT2D eigenvalue weighted by Crippen LogP contribution is 2.11. The number of nitrogens with two attached hydrogens (primary N) is 1. The first-order valence-electron chi connectivity index (χ1n) is 5.71. The molecule has 6 heteroatoms. The Balaban J connectivity index is 2.92. The van der Waals surface area contributed by atoms with Gasteiger partial charge in [-0.25, -0.2) is 4.39 Å². The van der Waals surface area contributed by atoms with E-state index in [4.69, 9.17) is 16.0 Å². The van der Waals surface area contributed by atoms with Gasteiger partial charge in [0.25, 0.3) is 0 Å². The van der Waals surface area contributed by atoms with Crippen molar-refractivity contribution < 1.29 is 14.7 Å². The zero-order chi connectivity index (χ0) is 13.5. The monoisotopic (exact) mass is 255 g/mol. The standard InChI is InChI=1S/C12H18FN3O2/c1-2-16(3-4-17)8-9-5-10(12(14)15-18)7-11(13)6-9/h5-7,17-18H,2-4,8H2,1H3,(H2,14,15). The van der Waals surface area contributed by atoms with Crippen molar-refractivity contribution in [3.8, 4) is 0 Å². The topological polar surface area (TPSA) is 82.1 Å². The van der Waals surface area contributed by atoms with Crippen LogP contribution in [-0.4, -0.2) is 40.7 Å². The number of likely N-dealkylation sites (N-methyl/N-ethyl adjacent to an activating group) is 1. The van der Waals surface area contributed by atoms with Gasteiger partial charge in [-0.05, 0) is 30.3 Å². The minimum absolute atomic E-state index is 0.0518. The quantitative estimate of drug-likeness (QED) is 0.303. The fraction of sp³-hybridized carbons (Fsp3) is 0.417. The van der Waals surface area contributed by atoms with E-state index in [1.165, 1.54) is 12.1 Å². The molecule has 1 aromatic carbocycles. The molecular formula is C12H18FN3O2. The molecule has 0 aliphatic heterocycles. The van der Waals surface area contributed by atoms with E-state index in [2.05, 4.69) is 5.16 Å². The molecule has 0 spiro atoms. The van der Waals surface area contributed by atoms with Crippen LogP contribution in [0, 0.1) is 5.82 Å². The molecule has 0 fully saturated rings. The number of aliphatic hydroxyl groups is 1. The lowest BCUT2D eigenvalue weighted by Gasteiger charge is -2.19. The maximum Gasteiger partial charge on any atom is 0.170 e. The van der Waals surface area contributed by atoms with Crippen LogP contribution >= 0.6 is 0 Å². The highest BCUT2D eigenvalue weighted by Gasteiger charge is 2.08. The van der Waals surface area contributed by atoms with Gasteiger partial charge in [-0.1, -0.05) is 12.1 Å². The summed E-state index contributed by atoms with van der Waals surface area (Å²) in [7, 11) is 0. The summed E-state index contributed by atoms with van der Waals surface area (Å²) in [6.45, 7) is 3.78. The molecule has 0 unspecified atom stereocenters. The first-order chi connectivity index (χ1) is 8.60. The second-order valence-electron chi connectivity index (χ2n) is 3.93. The number of rotatable bonds is 6. The van der Waals surface area contributed by atoms with Crippen molar-refractivity contribution >= 4 is 5.84 Å². The highest BCUT2D eigenvalue weighted by atomic mass is 19.1. The normalized spacial score (nSPS) is 12.1. The summed E-state index contributed by atoms with van der Waals surface area (Å²) >= 11 is 0. The van der Waals surface area contributed by atoms with Crippen LogP contribution in [0.15, 0.2) is 23.4 Å². The molecule has 0 atom stereocenters. The lowest BCUT2D eigenvalue weighted by molar-refractivity contribution is 0.196. The summed E-state index contributed by atoms with van der Waals surface area (Å²) in [5, 5.41) is 20.3. The van der Waals surface area contributed by atoms with Gasteiger partial charge in [-0.2, -0.15) is 0 Å². The second-order valence-corrected chi connectivity index (χ2v) is 3.93. The van der Waals surface area contributed by atoms with Crippen LogP contribution in [-0.2, 0) is 6.54 Å². The summed E-state index contributed by atoms with van der Waals surface area (Å²) in [5.41, 5.74) is 6.49. The second kappa shape index (κ2) is 6.93. The fourth-order valence-electron chi connectivity index (χ4n) is 1.70. The van der Waals surface area contributed by atoms with Crippen LogP contribution in [0.25, 0.3) is 0 Å². The van der Waals surface area contributed by atoms with Crippen molar-refractivity contribution in [2.75, 3.05) is 19.7 Å². The fourth-order valence-corrected chi connectivity index (χ4v) is 1.70. The number of oxime groups is 1. The van der Waals surface area contributed by atoms with E-state index in [1.54, 1.807) is 6.07 Å². The Labute approximate surface area is 105 Å². The van der Waals surface area contributed by atoms with Crippen LogP contribution in [0.3, 0.4) is 0 Å². The molecule has 0 saturated heterocycles. The van der Waals surface area contributed by atoms with Crippen molar-refractivity contribution in [2.24, 2.45) is 10.9 Å². The lowest BCUT2D eigenvalue weighted by atomic mass is 10.1. The molecule has 0 aliphatic rings. The van der Waals surface area contributed by atoms with Gasteiger partial charge in [0.05, 0.1) is 6.61 Å². The van der Waals surface area contributed by atoms with Crippen LogP contribution in [0.2, 0.25) is 0 Å². The highest BCUT2D eigenvalue weighted by molar-refractivity contribution is 5.97. The van der Waals surface area contributed by atoms with Crippen LogP contribution < -0.4 is 5.73 Å². The zero-order valence-electron chi connectivity index (χ0n) is 10.3. The molecule has 0 amide bonds. The summed E-state index contributed by atoms with van der Waals surface area (Å²) in [6.07, 6.45) is 0. The molecule has 100 valence electrons. The van der Waals surface area contributed by atoms with E-state index >= 15 is 0 Å². The van der Waals surface area contributed by atoms with Gasteiger partial charge >= 0.3 is 0 Å². The van der Waals surface area contributed by atoms with Crippen LogP contribution in [0.1, 0.15) is 18.1 Å². The Morgan fingerprint density at radius 1 is 1.44 bits per heavy atom. The lowest BCUT2D eigenvalue weighted by Crippen LogP contribution is -2.26. The molecule has 0 bridgehead atoms. The number of hydrogen-bond donors (Lipinski definition) is 3. The van der Waals surface area contributed by atoms with E-state index in [0.29, 0.717) is 24.2 Å². The third kappa shape index (κ3) is 3.97. The predicted molar refractivity (Wildman–Crippen MR) is 66.9 cm³/mol. The molecule has 1 rings (SSSR count). The average molecular weight is 255 g/mol. The van der Waals surface area contributed by atoms with E-state index in [0.717, 1.165) is 6.54 Å². The van der Waals surface area contributed by atoms with Gasteiger partial charge in [0.15, 0.2) is 5.84 Å². The Kier molecular flexibility index (Phi) is 5.54. The number of amidine groups is 1. The van der Waals surface area contributed by atoms with Crippen molar-refractivity contribution in [3.63, 3.8) is 0 Å². The van der Waals surface area contributed by atoms with Gasteiger partial charge in [0.2, 0.25) is 0 Å². The van der Waals surface area contributed by atoms with Gasteiger partial charge in [0.1, 0.15) is 5.82 Å². The predicted octanol–water partition coefficient (Wildman–Crippen LogP) is 0.734. The van der Waals surface area contributed by atoms with Crippen molar-refractivity contribution in [2.45, 2.75) is 13.5 Å². The van der Waals surface area contributed by atoms with Gasteiger partial charge < -0.3 is 16.0 Å². The summed E-state index contributed by atoms with van der Waals surface area (Å²) < 4.78 is 13.4. The Morgan fingerprint density at radius 3 is 2.72 bits per heavy atom. The summed E-state index contributed by atoms with van der Waals surface area (Å²) in [6, 6.07) is 4.27. The van der Waals surface area contributed by atoms with Crippen LogP contribution in [0.5, 0.6) is 0 Å². The van der Waals surface area contributed by atoms with Gasteiger partial charge in [0, 0.05) is 18.7 Å². The number of halogens is 1. The summed E-state index contributed by atoms with van der Waals surface area (Å²) in [5.74, 6) is -0.560. The van der Waals surface area contributed by atoms with Gasteiger partial charge in [-0.3, -0.25) is 4.90 Å². The molecule has 0 radical (unpaired) electrons. The molecule has 0 aliphatic carbocycles. The first kappa shape index (κ1) is 14.4. The molecule has 5 nitrogen and oxygen atoms in total. The molecule has 0 heterocycles.